The maximum atomic E-state index is 14.9. The molecule has 220 valence electrons. The van der Waals surface area contributed by atoms with E-state index in [0.29, 0.717) is 42.2 Å². The second-order valence-electron chi connectivity index (χ2n) is 11.0. The largest absolute Gasteiger partial charge is 0.388 e. The summed E-state index contributed by atoms with van der Waals surface area (Å²) in [5, 5.41) is 0. The van der Waals surface area contributed by atoms with Gasteiger partial charge in [-0.05, 0) is 54.0 Å². The average molecular weight is 575 g/mol. The van der Waals surface area contributed by atoms with Crippen LogP contribution in [0.25, 0.3) is 22.3 Å². The van der Waals surface area contributed by atoms with Crippen LogP contribution in [0.3, 0.4) is 0 Å². The van der Waals surface area contributed by atoms with Gasteiger partial charge in [0.1, 0.15) is 11.9 Å². The van der Waals surface area contributed by atoms with Gasteiger partial charge in [0, 0.05) is 11.1 Å². The lowest BCUT2D eigenvalue weighted by atomic mass is 9.94. The molecular formula is C33H35F5O3. The van der Waals surface area contributed by atoms with Crippen LogP contribution in [0.2, 0.25) is 0 Å². The third kappa shape index (κ3) is 7.16. The van der Waals surface area contributed by atoms with Crippen molar-refractivity contribution in [3.05, 3.63) is 83.2 Å². The third-order valence-corrected chi connectivity index (χ3v) is 7.93. The fourth-order valence-electron chi connectivity index (χ4n) is 5.40. The van der Waals surface area contributed by atoms with Gasteiger partial charge in [0.15, 0.2) is 17.9 Å². The molecule has 0 aliphatic carbocycles. The molecule has 0 amide bonds. The minimum absolute atomic E-state index is 0.0833. The number of hydrogen-bond acceptors (Lipinski definition) is 3. The van der Waals surface area contributed by atoms with E-state index in [1.54, 1.807) is 24.3 Å². The van der Waals surface area contributed by atoms with E-state index < -0.39 is 41.5 Å². The van der Waals surface area contributed by atoms with E-state index >= 15 is 0 Å². The van der Waals surface area contributed by atoms with Gasteiger partial charge in [0.05, 0.1) is 18.8 Å². The lowest BCUT2D eigenvalue weighted by molar-refractivity contribution is -0.335. The molecule has 2 aliphatic rings. The number of unbranched alkanes of at least 4 members (excludes halogenated alkanes) is 4. The molecule has 3 aromatic carbocycles. The number of benzene rings is 3. The van der Waals surface area contributed by atoms with Crippen molar-refractivity contribution >= 4 is 0 Å². The Morgan fingerprint density at radius 1 is 0.780 bits per heavy atom. The zero-order chi connectivity index (χ0) is 29.0. The summed E-state index contributed by atoms with van der Waals surface area (Å²) in [7, 11) is 0. The van der Waals surface area contributed by atoms with Gasteiger partial charge in [-0.15, -0.1) is 0 Å². The van der Waals surface area contributed by atoms with Gasteiger partial charge in [-0.3, -0.25) is 4.74 Å². The van der Waals surface area contributed by atoms with Crippen molar-refractivity contribution in [3.63, 3.8) is 0 Å². The van der Waals surface area contributed by atoms with Crippen LogP contribution < -0.4 is 0 Å². The van der Waals surface area contributed by atoms with Crippen LogP contribution in [0.1, 0.15) is 75.5 Å². The second-order valence-corrected chi connectivity index (χ2v) is 11.0. The summed E-state index contributed by atoms with van der Waals surface area (Å²) in [5.41, 5.74) is 0.723. The van der Waals surface area contributed by atoms with Crippen molar-refractivity contribution < 1.29 is 36.2 Å². The Morgan fingerprint density at radius 3 is 2.15 bits per heavy atom. The number of epoxide rings is 1. The molecule has 41 heavy (non-hydrogen) atoms. The van der Waals surface area contributed by atoms with E-state index in [-0.39, 0.29) is 11.1 Å². The topological polar surface area (TPSA) is 31.0 Å². The highest BCUT2D eigenvalue weighted by atomic mass is 19.3. The Labute approximate surface area is 237 Å². The molecule has 0 N–H and O–H groups in total. The van der Waals surface area contributed by atoms with Crippen molar-refractivity contribution in [2.24, 2.45) is 5.92 Å². The summed E-state index contributed by atoms with van der Waals surface area (Å²) in [4.78, 5) is 0. The number of alkyl halides is 2. The number of halogens is 5. The van der Waals surface area contributed by atoms with Gasteiger partial charge in [-0.1, -0.05) is 81.5 Å². The van der Waals surface area contributed by atoms with E-state index in [4.69, 9.17) is 14.2 Å². The van der Waals surface area contributed by atoms with Crippen molar-refractivity contribution in [1.29, 1.82) is 0 Å². The van der Waals surface area contributed by atoms with Crippen molar-refractivity contribution in [2.75, 3.05) is 13.2 Å². The zero-order valence-corrected chi connectivity index (χ0v) is 23.1. The van der Waals surface area contributed by atoms with Crippen LogP contribution in [-0.2, 0) is 20.3 Å². The first-order valence-electron chi connectivity index (χ1n) is 14.4. The highest BCUT2D eigenvalue weighted by Crippen LogP contribution is 2.38. The van der Waals surface area contributed by atoms with Gasteiger partial charge >= 0.3 is 6.11 Å². The van der Waals surface area contributed by atoms with Crippen LogP contribution in [0.4, 0.5) is 22.0 Å². The summed E-state index contributed by atoms with van der Waals surface area (Å²) in [6.45, 7) is 2.90. The molecule has 0 radical (unpaired) electrons. The summed E-state index contributed by atoms with van der Waals surface area (Å²) in [6.07, 6.45) is 2.63. The molecule has 0 aromatic heterocycles. The summed E-state index contributed by atoms with van der Waals surface area (Å²) >= 11 is 0. The highest BCUT2D eigenvalue weighted by Gasteiger charge is 2.40. The first-order valence-corrected chi connectivity index (χ1v) is 14.4. The van der Waals surface area contributed by atoms with E-state index in [9.17, 15) is 22.0 Å². The van der Waals surface area contributed by atoms with Crippen LogP contribution in [0.15, 0.2) is 54.6 Å². The first-order chi connectivity index (χ1) is 19.8. The van der Waals surface area contributed by atoms with Gasteiger partial charge in [0.25, 0.3) is 0 Å². The molecular weight excluding hydrogens is 539 g/mol. The third-order valence-electron chi connectivity index (χ3n) is 7.93. The van der Waals surface area contributed by atoms with Gasteiger partial charge in [-0.2, -0.15) is 8.78 Å². The van der Waals surface area contributed by atoms with E-state index in [1.807, 2.05) is 0 Å². The van der Waals surface area contributed by atoms with Crippen LogP contribution in [-0.4, -0.2) is 19.5 Å². The lowest BCUT2D eigenvalue weighted by Crippen LogP contribution is -2.34. The molecule has 2 aliphatic heterocycles. The predicted octanol–water partition coefficient (Wildman–Crippen LogP) is 9.69. The number of hydrogen-bond donors (Lipinski definition) is 0. The summed E-state index contributed by atoms with van der Waals surface area (Å²) < 4.78 is 89.4. The molecule has 2 heterocycles. The van der Waals surface area contributed by atoms with E-state index in [1.165, 1.54) is 43.9 Å². The van der Waals surface area contributed by atoms with E-state index in [2.05, 4.69) is 6.92 Å². The molecule has 0 spiro atoms. The van der Waals surface area contributed by atoms with Gasteiger partial charge in [0.2, 0.25) is 0 Å². The van der Waals surface area contributed by atoms with Gasteiger partial charge < -0.3 is 9.47 Å². The minimum atomic E-state index is -3.86. The molecule has 0 bridgehead atoms. The zero-order valence-electron chi connectivity index (χ0n) is 23.1. The fourth-order valence-corrected chi connectivity index (χ4v) is 5.40. The maximum absolute atomic E-state index is 14.9. The molecule has 8 heteroatoms. The SMILES string of the molecule is CCCCCCCC1CCC(OC(F)(F)c2ccc(-c3ccc(-c4ccc(C5CO5)c(F)c4F)cc3)cc2F)OC1. The maximum Gasteiger partial charge on any atom is 0.388 e. The normalized spacial score (nSPS) is 20.8. The number of ether oxygens (including phenoxy) is 3. The predicted molar refractivity (Wildman–Crippen MR) is 147 cm³/mol. The monoisotopic (exact) mass is 574 g/mol. The number of rotatable bonds is 12. The second kappa shape index (κ2) is 13.0. The van der Waals surface area contributed by atoms with Crippen LogP contribution in [0, 0.1) is 23.4 Å². The van der Waals surface area contributed by atoms with Crippen molar-refractivity contribution in [2.45, 2.75) is 76.8 Å². The lowest BCUT2D eigenvalue weighted by Gasteiger charge is -2.31. The van der Waals surface area contributed by atoms with Crippen LogP contribution in [0.5, 0.6) is 0 Å². The van der Waals surface area contributed by atoms with Crippen molar-refractivity contribution in [1.82, 2.24) is 0 Å². The molecule has 3 unspecified atom stereocenters. The summed E-state index contributed by atoms with van der Waals surface area (Å²) in [6, 6.07) is 12.7. The molecule has 2 saturated heterocycles. The Balaban J connectivity index is 1.19. The molecule has 3 aromatic rings. The Morgan fingerprint density at radius 2 is 1.49 bits per heavy atom. The summed E-state index contributed by atoms with van der Waals surface area (Å²) in [5.74, 6) is -2.68. The molecule has 5 rings (SSSR count). The Kier molecular flexibility index (Phi) is 9.42. The fraction of sp³-hybridized carbons (Fsp3) is 0.455. The van der Waals surface area contributed by atoms with E-state index in [0.717, 1.165) is 31.4 Å². The standard InChI is InChI=1S/C33H35F5O3/c1-2-3-4-5-6-7-21-8-17-30(40-19-21)41-33(37,38)27-16-13-24(18-28(27)34)22-9-11-23(12-10-22)25-14-15-26(29-20-39-29)32(36)31(25)35/h9-16,18,21,29-30H,2-8,17,19-20H2,1H3. The quantitative estimate of drug-likeness (QED) is 0.123. The minimum Gasteiger partial charge on any atom is -0.368 e. The smallest absolute Gasteiger partial charge is 0.368 e. The average Bonchev–Trinajstić information content (AvgIpc) is 3.80. The Hall–Kier alpha value is -2.81. The van der Waals surface area contributed by atoms with Crippen LogP contribution >= 0.6 is 0 Å². The molecule has 0 saturated carbocycles. The molecule has 2 fully saturated rings. The first kappa shape index (κ1) is 29.7. The van der Waals surface area contributed by atoms with Gasteiger partial charge in [-0.25, -0.2) is 13.2 Å². The highest BCUT2D eigenvalue weighted by molar-refractivity contribution is 5.71. The van der Waals surface area contributed by atoms with Crippen molar-refractivity contribution in [3.8, 4) is 22.3 Å². The Bertz CT molecular complexity index is 1320. The molecule has 3 atom stereocenters. The molecule has 3 nitrogen and oxygen atoms in total.